The van der Waals surface area contributed by atoms with Crippen molar-refractivity contribution < 1.29 is 13.4 Å². The standard InChI is InChI=1S/C20H20N6O3S/c1-30(28)25-8-6-24(7-9-25)19(27)16-11-22-18-5-3-14(12-26(16)18)13-2-4-17-15(10-13)23-20(21)29-17/h2-5,10-12H,6-9H2,1H3,(H2,21,23). The number of nitrogens with two attached hydrogens (primary N) is 1. The lowest BCUT2D eigenvalue weighted by atomic mass is 10.1. The zero-order valence-electron chi connectivity index (χ0n) is 16.3. The number of imidazole rings is 1. The quantitative estimate of drug-likeness (QED) is 0.537. The molecular weight excluding hydrogens is 404 g/mol. The Kier molecular flexibility index (Phi) is 4.52. The topological polar surface area (TPSA) is 110 Å². The summed E-state index contributed by atoms with van der Waals surface area (Å²) in [6, 6.07) is 9.62. The average molecular weight is 424 g/mol. The molecule has 1 amide bonds. The molecule has 0 aliphatic carbocycles. The molecule has 0 saturated carbocycles. The predicted molar refractivity (Wildman–Crippen MR) is 114 cm³/mol. The van der Waals surface area contributed by atoms with Gasteiger partial charge in [0.15, 0.2) is 5.58 Å². The van der Waals surface area contributed by atoms with Gasteiger partial charge in [0.25, 0.3) is 11.9 Å². The van der Waals surface area contributed by atoms with Crippen LogP contribution in [0.3, 0.4) is 0 Å². The number of fused-ring (bicyclic) bond motifs is 2. The zero-order chi connectivity index (χ0) is 20.8. The van der Waals surface area contributed by atoms with Crippen molar-refractivity contribution >= 4 is 39.7 Å². The van der Waals surface area contributed by atoms with Gasteiger partial charge in [-0.25, -0.2) is 13.5 Å². The van der Waals surface area contributed by atoms with Crippen LogP contribution in [-0.4, -0.2) is 66.1 Å². The first kappa shape index (κ1) is 18.8. The van der Waals surface area contributed by atoms with Crippen molar-refractivity contribution in [3.8, 4) is 11.1 Å². The van der Waals surface area contributed by atoms with Gasteiger partial charge < -0.3 is 15.1 Å². The monoisotopic (exact) mass is 424 g/mol. The summed E-state index contributed by atoms with van der Waals surface area (Å²) in [6.45, 7) is 2.26. The Morgan fingerprint density at radius 3 is 2.67 bits per heavy atom. The Balaban J connectivity index is 1.47. The number of aromatic nitrogens is 3. The zero-order valence-corrected chi connectivity index (χ0v) is 17.1. The number of rotatable bonds is 3. The summed E-state index contributed by atoms with van der Waals surface area (Å²) in [5, 5.41) is 0. The van der Waals surface area contributed by atoms with Crippen molar-refractivity contribution in [2.24, 2.45) is 0 Å². The second-order valence-electron chi connectivity index (χ2n) is 7.17. The van der Waals surface area contributed by atoms with Crippen LogP contribution < -0.4 is 5.73 Å². The molecule has 4 heterocycles. The molecule has 0 bridgehead atoms. The minimum Gasteiger partial charge on any atom is -0.424 e. The van der Waals surface area contributed by atoms with Gasteiger partial charge in [0.1, 0.15) is 16.9 Å². The van der Waals surface area contributed by atoms with Gasteiger partial charge in [0.05, 0.1) is 17.2 Å². The van der Waals surface area contributed by atoms with Crippen LogP contribution in [0.5, 0.6) is 0 Å². The number of carbonyl (C=O) groups is 1. The van der Waals surface area contributed by atoms with E-state index < -0.39 is 11.0 Å². The van der Waals surface area contributed by atoms with E-state index in [9.17, 15) is 9.00 Å². The average Bonchev–Trinajstić information content (AvgIpc) is 3.34. The minimum atomic E-state index is -1.01. The third-order valence-electron chi connectivity index (χ3n) is 5.35. The van der Waals surface area contributed by atoms with Crippen molar-refractivity contribution in [2.75, 3.05) is 38.2 Å². The molecule has 1 fully saturated rings. The number of oxazole rings is 1. The van der Waals surface area contributed by atoms with E-state index in [-0.39, 0.29) is 11.9 Å². The second kappa shape index (κ2) is 7.22. The number of nitrogen functional groups attached to an aromatic ring is 1. The maximum atomic E-state index is 13.1. The molecule has 30 heavy (non-hydrogen) atoms. The third-order valence-corrected chi connectivity index (χ3v) is 6.44. The Labute approximate surface area is 174 Å². The van der Waals surface area contributed by atoms with E-state index in [0.717, 1.165) is 11.1 Å². The lowest BCUT2D eigenvalue weighted by Crippen LogP contribution is -2.49. The molecule has 154 valence electrons. The lowest BCUT2D eigenvalue weighted by molar-refractivity contribution is 0.0694. The number of piperazine rings is 1. The number of benzene rings is 1. The summed E-state index contributed by atoms with van der Waals surface area (Å²) >= 11 is 0. The van der Waals surface area contributed by atoms with Crippen molar-refractivity contribution in [1.29, 1.82) is 0 Å². The highest BCUT2D eigenvalue weighted by Crippen LogP contribution is 2.26. The van der Waals surface area contributed by atoms with Crippen LogP contribution in [-0.2, 0) is 11.0 Å². The molecule has 0 spiro atoms. The van der Waals surface area contributed by atoms with E-state index in [2.05, 4.69) is 9.97 Å². The molecule has 3 aromatic heterocycles. The minimum absolute atomic E-state index is 0.0825. The summed E-state index contributed by atoms with van der Waals surface area (Å²) in [5.41, 5.74) is 10.00. The Morgan fingerprint density at radius 1 is 1.13 bits per heavy atom. The van der Waals surface area contributed by atoms with Crippen molar-refractivity contribution in [3.63, 3.8) is 0 Å². The first-order chi connectivity index (χ1) is 14.5. The van der Waals surface area contributed by atoms with E-state index in [4.69, 9.17) is 10.2 Å². The molecule has 1 atom stereocenters. The van der Waals surface area contributed by atoms with Gasteiger partial charge in [0, 0.05) is 38.6 Å². The van der Waals surface area contributed by atoms with Gasteiger partial charge in [-0.3, -0.25) is 9.20 Å². The SMILES string of the molecule is CS(=O)N1CCN(C(=O)c2cnc3ccc(-c4ccc5oc(N)nc5c4)cn23)CC1. The smallest absolute Gasteiger partial charge is 0.292 e. The van der Waals surface area contributed by atoms with Crippen LogP contribution in [0.25, 0.3) is 27.9 Å². The molecule has 1 saturated heterocycles. The van der Waals surface area contributed by atoms with Crippen LogP contribution in [0.2, 0.25) is 0 Å². The molecule has 0 radical (unpaired) electrons. The molecule has 1 aromatic carbocycles. The molecule has 10 heteroatoms. The van der Waals surface area contributed by atoms with Crippen LogP contribution in [0.15, 0.2) is 47.1 Å². The van der Waals surface area contributed by atoms with Crippen LogP contribution in [0.1, 0.15) is 10.5 Å². The molecule has 1 unspecified atom stereocenters. The van der Waals surface area contributed by atoms with Gasteiger partial charge in [-0.2, -0.15) is 4.98 Å². The molecule has 1 aliphatic rings. The van der Waals surface area contributed by atoms with Crippen molar-refractivity contribution in [1.82, 2.24) is 23.6 Å². The summed E-state index contributed by atoms with van der Waals surface area (Å²) in [5.74, 6) is -0.0825. The summed E-state index contributed by atoms with van der Waals surface area (Å²) in [4.78, 5) is 23.5. The normalized spacial score (nSPS) is 16.4. The number of amides is 1. The Bertz CT molecular complexity index is 1290. The van der Waals surface area contributed by atoms with Gasteiger partial charge in [-0.1, -0.05) is 6.07 Å². The fraction of sp³-hybridized carbons (Fsp3) is 0.250. The highest BCUT2D eigenvalue weighted by atomic mass is 32.2. The van der Waals surface area contributed by atoms with Crippen molar-refractivity contribution in [2.45, 2.75) is 0 Å². The largest absolute Gasteiger partial charge is 0.424 e. The second-order valence-corrected chi connectivity index (χ2v) is 8.53. The van der Waals surface area contributed by atoms with Crippen LogP contribution in [0.4, 0.5) is 6.01 Å². The maximum absolute atomic E-state index is 13.1. The highest BCUT2D eigenvalue weighted by molar-refractivity contribution is 7.81. The van der Waals surface area contributed by atoms with E-state index in [1.807, 2.05) is 45.2 Å². The van der Waals surface area contributed by atoms with E-state index >= 15 is 0 Å². The fourth-order valence-corrected chi connectivity index (χ4v) is 4.42. The number of hydrogen-bond donors (Lipinski definition) is 1. The van der Waals surface area contributed by atoms with Crippen LogP contribution >= 0.6 is 0 Å². The molecule has 5 rings (SSSR count). The highest BCUT2D eigenvalue weighted by Gasteiger charge is 2.25. The summed E-state index contributed by atoms with van der Waals surface area (Å²) < 4.78 is 20.6. The lowest BCUT2D eigenvalue weighted by Gasteiger charge is -2.32. The summed E-state index contributed by atoms with van der Waals surface area (Å²) in [6.07, 6.45) is 5.17. The molecule has 9 nitrogen and oxygen atoms in total. The summed E-state index contributed by atoms with van der Waals surface area (Å²) in [7, 11) is -1.01. The predicted octanol–water partition coefficient (Wildman–Crippen LogP) is 1.78. The van der Waals surface area contributed by atoms with E-state index in [1.165, 1.54) is 0 Å². The Morgan fingerprint density at radius 2 is 1.90 bits per heavy atom. The molecule has 2 N–H and O–H groups in total. The number of carbonyl (C=O) groups excluding carboxylic acids is 1. The van der Waals surface area contributed by atoms with E-state index in [1.54, 1.807) is 17.4 Å². The fourth-order valence-electron chi connectivity index (χ4n) is 3.74. The van der Waals surface area contributed by atoms with Gasteiger partial charge in [0.2, 0.25) is 0 Å². The number of pyridine rings is 1. The first-order valence-corrected chi connectivity index (χ1v) is 11.0. The molecular formula is C20H20N6O3S. The van der Waals surface area contributed by atoms with Gasteiger partial charge >= 0.3 is 0 Å². The molecule has 4 aromatic rings. The third kappa shape index (κ3) is 3.23. The first-order valence-electron chi connectivity index (χ1n) is 9.51. The van der Waals surface area contributed by atoms with E-state index in [0.29, 0.717) is 48.6 Å². The number of nitrogens with zero attached hydrogens (tertiary/aromatic N) is 5. The van der Waals surface area contributed by atoms with Crippen LogP contribution in [0, 0.1) is 0 Å². The van der Waals surface area contributed by atoms with Crippen molar-refractivity contribution in [3.05, 3.63) is 48.4 Å². The molecule has 1 aliphatic heterocycles. The maximum Gasteiger partial charge on any atom is 0.292 e. The Hall–Kier alpha value is -3.24. The number of anilines is 1. The number of hydrogen-bond acceptors (Lipinski definition) is 6. The van der Waals surface area contributed by atoms with Gasteiger partial charge in [-0.05, 0) is 35.4 Å². The van der Waals surface area contributed by atoms with Gasteiger partial charge in [-0.15, -0.1) is 0 Å².